The van der Waals surface area contributed by atoms with Gasteiger partial charge in [0, 0.05) is 6.54 Å². The molecule has 0 bridgehead atoms. The Morgan fingerprint density at radius 1 is 0.941 bits per heavy atom. The summed E-state index contributed by atoms with van der Waals surface area (Å²) >= 11 is 0. The molecular formula is C15H33NO. The molecule has 104 valence electrons. The second-order valence-corrected chi connectivity index (χ2v) is 6.31. The Labute approximate surface area is 109 Å². The van der Waals surface area contributed by atoms with E-state index >= 15 is 0 Å². The molecule has 0 unspecified atom stereocenters. The van der Waals surface area contributed by atoms with Crippen molar-refractivity contribution < 1.29 is 4.74 Å². The molecule has 0 aliphatic heterocycles. The van der Waals surface area contributed by atoms with Gasteiger partial charge in [-0.1, -0.05) is 39.5 Å². The minimum atomic E-state index is -0.00146. The predicted octanol–water partition coefficient (Wildman–Crippen LogP) is 4.00. The summed E-state index contributed by atoms with van der Waals surface area (Å²) in [6, 6.07) is 0. The molecule has 0 rings (SSSR count). The maximum atomic E-state index is 5.64. The molecule has 0 fully saturated rings. The summed E-state index contributed by atoms with van der Waals surface area (Å²) in [5.74, 6) is 0.864. The third-order valence-electron chi connectivity index (χ3n) is 2.70. The Morgan fingerprint density at radius 3 is 2.18 bits per heavy atom. The number of rotatable bonds is 10. The van der Waals surface area contributed by atoms with Gasteiger partial charge in [-0.2, -0.15) is 0 Å². The lowest BCUT2D eigenvalue weighted by atomic mass is 10.0. The van der Waals surface area contributed by atoms with Crippen molar-refractivity contribution in [2.75, 3.05) is 19.7 Å². The maximum absolute atomic E-state index is 5.64. The van der Waals surface area contributed by atoms with Gasteiger partial charge >= 0.3 is 0 Å². The van der Waals surface area contributed by atoms with E-state index in [0.717, 1.165) is 25.6 Å². The maximum Gasteiger partial charge on any atom is 0.0599 e. The van der Waals surface area contributed by atoms with E-state index < -0.39 is 0 Å². The van der Waals surface area contributed by atoms with Crippen LogP contribution in [0.2, 0.25) is 0 Å². The Morgan fingerprint density at radius 2 is 1.59 bits per heavy atom. The van der Waals surface area contributed by atoms with Crippen LogP contribution in [-0.2, 0) is 4.74 Å². The fraction of sp³-hybridized carbons (Fsp3) is 1.00. The molecule has 2 nitrogen and oxygen atoms in total. The summed E-state index contributed by atoms with van der Waals surface area (Å²) in [6.07, 6.45) is 6.82. The van der Waals surface area contributed by atoms with Crippen molar-refractivity contribution in [3.05, 3.63) is 0 Å². The highest BCUT2D eigenvalue weighted by Gasteiger charge is 2.08. The molecule has 0 saturated carbocycles. The van der Waals surface area contributed by atoms with Crippen LogP contribution in [-0.4, -0.2) is 25.3 Å². The summed E-state index contributed by atoms with van der Waals surface area (Å²) in [6.45, 7) is 13.8. The quantitative estimate of drug-likeness (QED) is 0.586. The first kappa shape index (κ1) is 16.9. The molecule has 0 aromatic carbocycles. The van der Waals surface area contributed by atoms with E-state index in [1.807, 2.05) is 0 Å². The summed E-state index contributed by atoms with van der Waals surface area (Å²) in [4.78, 5) is 0. The second kappa shape index (κ2) is 9.90. The second-order valence-electron chi connectivity index (χ2n) is 6.31. The van der Waals surface area contributed by atoms with Crippen LogP contribution < -0.4 is 5.32 Å². The molecular weight excluding hydrogens is 210 g/mol. The highest BCUT2D eigenvalue weighted by molar-refractivity contribution is 4.59. The predicted molar refractivity (Wildman–Crippen MR) is 76.5 cm³/mol. The minimum absolute atomic E-state index is 0.00146. The van der Waals surface area contributed by atoms with E-state index in [2.05, 4.69) is 39.9 Å². The first-order valence-electron chi connectivity index (χ1n) is 7.26. The number of unbranched alkanes of at least 4 members (excludes halogenated alkanes) is 3. The smallest absolute Gasteiger partial charge is 0.0599 e. The largest absolute Gasteiger partial charge is 0.375 e. The Kier molecular flexibility index (Phi) is 9.85. The van der Waals surface area contributed by atoms with E-state index in [0.29, 0.717) is 0 Å². The van der Waals surface area contributed by atoms with E-state index in [4.69, 9.17) is 4.74 Å². The molecule has 0 aromatic rings. The molecule has 2 heteroatoms. The summed E-state index contributed by atoms with van der Waals surface area (Å²) < 4.78 is 5.64. The first-order chi connectivity index (χ1) is 7.92. The van der Waals surface area contributed by atoms with Crippen LogP contribution in [0.5, 0.6) is 0 Å². The minimum Gasteiger partial charge on any atom is -0.375 e. The van der Waals surface area contributed by atoms with Gasteiger partial charge in [-0.25, -0.2) is 0 Å². The Hall–Kier alpha value is -0.0800. The third-order valence-corrected chi connectivity index (χ3v) is 2.70. The zero-order valence-corrected chi connectivity index (χ0v) is 12.6. The van der Waals surface area contributed by atoms with E-state index in [1.54, 1.807) is 0 Å². The lowest BCUT2D eigenvalue weighted by Crippen LogP contribution is -2.27. The molecule has 0 heterocycles. The fourth-order valence-electron chi connectivity index (χ4n) is 1.71. The molecule has 17 heavy (non-hydrogen) atoms. The van der Waals surface area contributed by atoms with Gasteiger partial charge in [-0.15, -0.1) is 0 Å². The zero-order chi connectivity index (χ0) is 13.1. The van der Waals surface area contributed by atoms with Crippen LogP contribution in [0.3, 0.4) is 0 Å². The van der Waals surface area contributed by atoms with Gasteiger partial charge in [0.1, 0.15) is 0 Å². The first-order valence-corrected chi connectivity index (χ1v) is 7.26. The topological polar surface area (TPSA) is 21.3 Å². The van der Waals surface area contributed by atoms with Crippen LogP contribution in [0, 0.1) is 5.92 Å². The normalized spacial score (nSPS) is 12.4. The van der Waals surface area contributed by atoms with Crippen LogP contribution in [0.4, 0.5) is 0 Å². The van der Waals surface area contributed by atoms with Gasteiger partial charge < -0.3 is 10.1 Å². The molecule has 1 N–H and O–H groups in total. The number of hydrogen-bond donors (Lipinski definition) is 1. The van der Waals surface area contributed by atoms with Gasteiger partial charge in [-0.05, 0) is 39.7 Å². The van der Waals surface area contributed by atoms with Gasteiger partial charge in [-0.3, -0.25) is 0 Å². The molecule has 0 aliphatic rings. The van der Waals surface area contributed by atoms with Crippen molar-refractivity contribution in [1.82, 2.24) is 5.32 Å². The zero-order valence-electron chi connectivity index (χ0n) is 12.6. The Bertz CT molecular complexity index is 161. The van der Waals surface area contributed by atoms with Crippen molar-refractivity contribution in [2.24, 2.45) is 5.92 Å². The standard InChI is InChI=1S/C15H33NO/c1-14(2)10-8-6-7-9-11-16-12-13-17-15(3,4)5/h14,16H,6-13H2,1-5H3. The number of ether oxygens (including phenoxy) is 1. The van der Waals surface area contributed by atoms with Crippen molar-refractivity contribution in [2.45, 2.75) is 72.3 Å². The summed E-state index contributed by atoms with van der Waals surface area (Å²) in [5, 5.41) is 3.43. The summed E-state index contributed by atoms with van der Waals surface area (Å²) in [7, 11) is 0. The van der Waals surface area contributed by atoms with Crippen LogP contribution in [0.25, 0.3) is 0 Å². The van der Waals surface area contributed by atoms with E-state index in [1.165, 1.54) is 32.1 Å². The van der Waals surface area contributed by atoms with Crippen LogP contribution in [0.1, 0.15) is 66.7 Å². The van der Waals surface area contributed by atoms with Crippen molar-refractivity contribution in [3.63, 3.8) is 0 Å². The van der Waals surface area contributed by atoms with Gasteiger partial charge in [0.05, 0.1) is 12.2 Å². The molecule has 0 atom stereocenters. The molecule has 0 aliphatic carbocycles. The van der Waals surface area contributed by atoms with Crippen molar-refractivity contribution in [3.8, 4) is 0 Å². The van der Waals surface area contributed by atoms with Gasteiger partial charge in [0.2, 0.25) is 0 Å². The average molecular weight is 243 g/mol. The molecule has 0 radical (unpaired) electrons. The van der Waals surface area contributed by atoms with Crippen LogP contribution in [0.15, 0.2) is 0 Å². The van der Waals surface area contributed by atoms with Crippen molar-refractivity contribution >= 4 is 0 Å². The van der Waals surface area contributed by atoms with Crippen molar-refractivity contribution in [1.29, 1.82) is 0 Å². The highest BCUT2D eigenvalue weighted by Crippen LogP contribution is 2.09. The molecule has 0 spiro atoms. The van der Waals surface area contributed by atoms with Crippen LogP contribution >= 0.6 is 0 Å². The Balaban J connectivity index is 3.04. The molecule has 0 saturated heterocycles. The third kappa shape index (κ3) is 15.9. The fourth-order valence-corrected chi connectivity index (χ4v) is 1.71. The van der Waals surface area contributed by atoms with Gasteiger partial charge in [0.25, 0.3) is 0 Å². The van der Waals surface area contributed by atoms with E-state index in [-0.39, 0.29) is 5.60 Å². The lowest BCUT2D eigenvalue weighted by molar-refractivity contribution is -0.000758. The number of hydrogen-bond acceptors (Lipinski definition) is 2. The molecule has 0 aromatic heterocycles. The lowest BCUT2D eigenvalue weighted by Gasteiger charge is -2.19. The SMILES string of the molecule is CC(C)CCCCCCNCCOC(C)(C)C. The summed E-state index contributed by atoms with van der Waals surface area (Å²) in [5.41, 5.74) is -0.00146. The highest BCUT2D eigenvalue weighted by atomic mass is 16.5. The average Bonchev–Trinajstić information content (AvgIpc) is 2.18. The number of nitrogens with one attached hydrogen (secondary N) is 1. The van der Waals surface area contributed by atoms with Gasteiger partial charge in [0.15, 0.2) is 0 Å². The molecule has 0 amide bonds. The van der Waals surface area contributed by atoms with E-state index in [9.17, 15) is 0 Å². The monoisotopic (exact) mass is 243 g/mol.